The maximum absolute atomic E-state index is 13.1. The van der Waals surface area contributed by atoms with E-state index >= 15 is 0 Å². The molecular weight excluding hydrogens is 601 g/mol. The summed E-state index contributed by atoms with van der Waals surface area (Å²) in [5.41, 5.74) is 7.02. The highest BCUT2D eigenvalue weighted by molar-refractivity contribution is 8.14. The van der Waals surface area contributed by atoms with E-state index in [1.807, 2.05) is 38.1 Å². The van der Waals surface area contributed by atoms with E-state index in [1.54, 1.807) is 11.8 Å². The third kappa shape index (κ3) is 7.86. The Labute approximate surface area is 264 Å². The zero-order valence-corrected chi connectivity index (χ0v) is 26.5. The van der Waals surface area contributed by atoms with Gasteiger partial charge in [-0.2, -0.15) is 4.99 Å². The fraction of sp³-hybridized carbons (Fsp3) is 0.333. The lowest BCUT2D eigenvalue weighted by Gasteiger charge is -2.32. The summed E-state index contributed by atoms with van der Waals surface area (Å²) in [5.74, 6) is 1.08. The van der Waals surface area contributed by atoms with Crippen LogP contribution in [0, 0.1) is 20.8 Å². The SMILES string of the molecule is Cc1cc(C)c(N2CCCS/C2=N\C(=O)NC(C)C(C)c2ccc(-c3ncn(-c4ccc(OC(F)(F)F)cc4)n3)cc2)c(C)c1. The van der Waals surface area contributed by atoms with Crippen molar-refractivity contribution in [2.75, 3.05) is 17.2 Å². The predicted molar refractivity (Wildman–Crippen MR) is 172 cm³/mol. The minimum absolute atomic E-state index is 0.00264. The molecule has 4 aromatic rings. The Bertz CT molecular complexity index is 1660. The van der Waals surface area contributed by atoms with Gasteiger partial charge in [-0.15, -0.1) is 18.3 Å². The van der Waals surface area contributed by atoms with Gasteiger partial charge in [-0.1, -0.05) is 60.6 Å². The number of aromatic nitrogens is 3. The van der Waals surface area contributed by atoms with Crippen molar-refractivity contribution in [2.24, 2.45) is 4.99 Å². The standard InChI is InChI=1S/C33H35F3N6O2S/c1-20-17-21(2)29(22(3)18-20)41-15-6-16-45-32(41)39-31(43)38-24(5)23(4)25-7-9-26(10-8-25)30-37-19-42(40-30)27-11-13-28(14-12-27)44-33(34,35)36/h7-14,17-19,23-24H,6,15-16H2,1-5H3,(H,38,43)/b39-32-. The Morgan fingerprint density at radius 1 is 1.02 bits per heavy atom. The van der Waals surface area contributed by atoms with Crippen LogP contribution in [-0.2, 0) is 0 Å². The van der Waals surface area contributed by atoms with Gasteiger partial charge in [0.2, 0.25) is 0 Å². The van der Waals surface area contributed by atoms with Crippen molar-refractivity contribution in [1.29, 1.82) is 0 Å². The second kappa shape index (κ2) is 13.4. The molecule has 45 heavy (non-hydrogen) atoms. The number of rotatable bonds is 7. The molecule has 1 N–H and O–H groups in total. The van der Waals surface area contributed by atoms with Crippen molar-refractivity contribution in [2.45, 2.75) is 59.4 Å². The van der Waals surface area contributed by atoms with Crippen LogP contribution in [0.3, 0.4) is 0 Å². The van der Waals surface area contributed by atoms with Crippen LogP contribution in [0.25, 0.3) is 17.1 Å². The molecule has 8 nitrogen and oxygen atoms in total. The molecule has 2 unspecified atom stereocenters. The molecule has 236 valence electrons. The number of carbonyl (C=O) groups is 1. The van der Waals surface area contributed by atoms with E-state index in [4.69, 9.17) is 0 Å². The highest BCUT2D eigenvalue weighted by atomic mass is 32.2. The Hall–Kier alpha value is -4.32. The number of benzene rings is 3. The van der Waals surface area contributed by atoms with Gasteiger partial charge in [-0.3, -0.25) is 0 Å². The van der Waals surface area contributed by atoms with Crippen LogP contribution in [0.4, 0.5) is 23.7 Å². The van der Waals surface area contributed by atoms with Gasteiger partial charge in [0.1, 0.15) is 12.1 Å². The molecule has 0 bridgehead atoms. The number of halogens is 3. The first-order valence-electron chi connectivity index (χ1n) is 14.6. The van der Waals surface area contributed by atoms with E-state index in [2.05, 4.69) is 62.9 Å². The van der Waals surface area contributed by atoms with Crippen LogP contribution < -0.4 is 15.0 Å². The Morgan fingerprint density at radius 3 is 2.33 bits per heavy atom. The number of ether oxygens (including phenoxy) is 1. The molecule has 5 rings (SSSR count). The lowest BCUT2D eigenvalue weighted by molar-refractivity contribution is -0.274. The number of aliphatic imine (C=N–C) groups is 1. The molecule has 0 aliphatic carbocycles. The number of nitrogens with zero attached hydrogens (tertiary/aromatic N) is 5. The summed E-state index contributed by atoms with van der Waals surface area (Å²) in [6, 6.07) is 16.9. The maximum Gasteiger partial charge on any atom is 0.573 e. The number of anilines is 1. The number of hydrogen-bond donors (Lipinski definition) is 1. The highest BCUT2D eigenvalue weighted by Gasteiger charge is 2.31. The van der Waals surface area contributed by atoms with E-state index in [1.165, 1.54) is 52.0 Å². The molecule has 0 radical (unpaired) electrons. The van der Waals surface area contributed by atoms with Crippen molar-refractivity contribution in [1.82, 2.24) is 20.1 Å². The van der Waals surface area contributed by atoms with Gasteiger partial charge in [0, 0.05) is 35.5 Å². The molecular formula is C33H35F3N6O2S. The van der Waals surface area contributed by atoms with Gasteiger partial charge >= 0.3 is 12.4 Å². The minimum Gasteiger partial charge on any atom is -0.406 e. The average Bonchev–Trinajstić information content (AvgIpc) is 3.47. The summed E-state index contributed by atoms with van der Waals surface area (Å²) in [6.07, 6.45) is -2.23. The van der Waals surface area contributed by atoms with Crippen molar-refractivity contribution in [3.8, 4) is 22.8 Å². The molecule has 0 spiro atoms. The third-order valence-corrected chi connectivity index (χ3v) is 8.78. The number of alkyl halides is 3. The summed E-state index contributed by atoms with van der Waals surface area (Å²) >= 11 is 1.61. The summed E-state index contributed by atoms with van der Waals surface area (Å²) in [4.78, 5) is 24.1. The van der Waals surface area contributed by atoms with Crippen LogP contribution in [0.2, 0.25) is 0 Å². The quantitative estimate of drug-likeness (QED) is 0.222. The van der Waals surface area contributed by atoms with Gasteiger partial charge in [0.15, 0.2) is 11.0 Å². The fourth-order valence-corrected chi connectivity index (χ4v) is 6.38. The Morgan fingerprint density at radius 2 is 1.69 bits per heavy atom. The van der Waals surface area contributed by atoms with Gasteiger partial charge in [0.25, 0.3) is 0 Å². The zero-order valence-electron chi connectivity index (χ0n) is 25.7. The van der Waals surface area contributed by atoms with Gasteiger partial charge in [-0.25, -0.2) is 14.5 Å². The molecule has 1 aliphatic rings. The lowest BCUT2D eigenvalue weighted by Crippen LogP contribution is -2.39. The number of carbonyl (C=O) groups excluding carboxylic acids is 1. The lowest BCUT2D eigenvalue weighted by atomic mass is 9.93. The summed E-state index contributed by atoms with van der Waals surface area (Å²) in [7, 11) is 0. The van der Waals surface area contributed by atoms with Gasteiger partial charge < -0.3 is 15.0 Å². The Balaban J connectivity index is 1.23. The first kappa shape index (κ1) is 32.1. The van der Waals surface area contributed by atoms with Gasteiger partial charge in [0.05, 0.1) is 5.69 Å². The summed E-state index contributed by atoms with van der Waals surface area (Å²) in [6.45, 7) is 11.1. The number of hydrogen-bond acceptors (Lipinski definition) is 5. The number of amides is 2. The Kier molecular flexibility index (Phi) is 9.52. The molecule has 0 saturated carbocycles. The van der Waals surface area contributed by atoms with E-state index in [0.29, 0.717) is 11.5 Å². The van der Waals surface area contributed by atoms with E-state index in [-0.39, 0.29) is 23.7 Å². The van der Waals surface area contributed by atoms with E-state index in [9.17, 15) is 18.0 Å². The van der Waals surface area contributed by atoms with Crippen LogP contribution in [0.5, 0.6) is 5.75 Å². The van der Waals surface area contributed by atoms with Crippen LogP contribution in [-0.4, -0.2) is 50.7 Å². The molecule has 2 heterocycles. The van der Waals surface area contributed by atoms with Gasteiger partial charge in [-0.05, 0) is 75.1 Å². The van der Waals surface area contributed by atoms with E-state index < -0.39 is 6.36 Å². The molecule has 2 amide bonds. The molecule has 1 fully saturated rings. The second-order valence-corrected chi connectivity index (χ2v) is 12.3. The van der Waals surface area contributed by atoms with Crippen molar-refractivity contribution in [3.05, 3.63) is 89.2 Å². The molecule has 12 heteroatoms. The first-order valence-corrected chi connectivity index (χ1v) is 15.6. The molecule has 3 aromatic carbocycles. The zero-order chi connectivity index (χ0) is 32.3. The summed E-state index contributed by atoms with van der Waals surface area (Å²) in [5, 5.41) is 8.24. The first-order chi connectivity index (χ1) is 21.4. The number of aryl methyl sites for hydroxylation is 3. The number of thioether (sulfide) groups is 1. The monoisotopic (exact) mass is 636 g/mol. The third-order valence-electron chi connectivity index (χ3n) is 7.71. The highest BCUT2D eigenvalue weighted by Crippen LogP contribution is 2.32. The molecule has 2 atom stereocenters. The van der Waals surface area contributed by atoms with Crippen LogP contribution in [0.1, 0.15) is 48.4 Å². The number of amidine groups is 1. The topological polar surface area (TPSA) is 84.6 Å². The molecule has 1 saturated heterocycles. The smallest absolute Gasteiger partial charge is 0.406 e. The van der Waals surface area contributed by atoms with Crippen LogP contribution >= 0.6 is 11.8 Å². The normalized spacial score (nSPS) is 16.0. The average molecular weight is 637 g/mol. The number of nitrogens with one attached hydrogen (secondary N) is 1. The number of urea groups is 1. The largest absolute Gasteiger partial charge is 0.573 e. The molecule has 1 aromatic heterocycles. The van der Waals surface area contributed by atoms with Crippen molar-refractivity contribution >= 4 is 28.6 Å². The second-order valence-electron chi connectivity index (χ2n) is 11.2. The maximum atomic E-state index is 13.1. The van der Waals surface area contributed by atoms with Crippen molar-refractivity contribution < 1.29 is 22.7 Å². The molecule has 1 aliphatic heterocycles. The van der Waals surface area contributed by atoms with Crippen LogP contribution in [0.15, 0.2) is 72.0 Å². The fourth-order valence-electron chi connectivity index (χ4n) is 5.44. The van der Waals surface area contributed by atoms with E-state index in [0.717, 1.165) is 40.7 Å². The van der Waals surface area contributed by atoms with Crippen molar-refractivity contribution in [3.63, 3.8) is 0 Å². The summed E-state index contributed by atoms with van der Waals surface area (Å²) < 4.78 is 42.7. The predicted octanol–water partition coefficient (Wildman–Crippen LogP) is 7.96. The minimum atomic E-state index is -4.75.